The Morgan fingerprint density at radius 2 is 1.88 bits per heavy atom. The monoisotopic (exact) mass is 329 g/mol. The van der Waals surface area contributed by atoms with Crippen LogP contribution in [0.2, 0.25) is 0 Å². The molecule has 5 nitrogen and oxygen atoms in total. The van der Waals surface area contributed by atoms with Gasteiger partial charge in [0.05, 0.1) is 0 Å². The van der Waals surface area contributed by atoms with Gasteiger partial charge in [-0.1, -0.05) is 6.92 Å². The average molecular weight is 329 g/mol. The van der Waals surface area contributed by atoms with E-state index in [0.717, 1.165) is 46.6 Å². The number of nitrogens with zero attached hydrogens (tertiary/aromatic N) is 1. The smallest absolute Gasteiger partial charge is 0.251 e. The first kappa shape index (κ1) is 18.0. The van der Waals surface area contributed by atoms with E-state index in [2.05, 4.69) is 24.1 Å². The maximum absolute atomic E-state index is 11.9. The van der Waals surface area contributed by atoms with Crippen LogP contribution in [0.5, 0.6) is 0 Å². The Kier molecular flexibility index (Phi) is 5.32. The van der Waals surface area contributed by atoms with E-state index in [1.54, 1.807) is 19.0 Å². The zero-order valence-electron chi connectivity index (χ0n) is 15.5. The molecule has 0 saturated carbocycles. The molecule has 0 fully saturated rings. The van der Waals surface area contributed by atoms with Crippen molar-refractivity contribution in [2.75, 3.05) is 14.1 Å². The van der Waals surface area contributed by atoms with Gasteiger partial charge >= 0.3 is 0 Å². The zero-order valence-corrected chi connectivity index (χ0v) is 15.5. The summed E-state index contributed by atoms with van der Waals surface area (Å²) >= 11 is 0. The van der Waals surface area contributed by atoms with Crippen LogP contribution in [0, 0.1) is 13.8 Å². The number of nitrogens with one attached hydrogen (secondary N) is 2. The second-order valence-electron chi connectivity index (χ2n) is 6.52. The predicted molar refractivity (Wildman–Crippen MR) is 96.4 cm³/mol. The minimum Gasteiger partial charge on any atom is -0.359 e. The maximum Gasteiger partial charge on any atom is 0.251 e. The summed E-state index contributed by atoms with van der Waals surface area (Å²) in [7, 11) is 3.55. The molecule has 24 heavy (non-hydrogen) atoms. The minimum atomic E-state index is -0.0177. The van der Waals surface area contributed by atoms with Crippen LogP contribution in [-0.2, 0) is 16.0 Å². The zero-order chi connectivity index (χ0) is 18.0. The van der Waals surface area contributed by atoms with Crippen LogP contribution in [0.4, 0.5) is 0 Å². The second kappa shape index (κ2) is 7.07. The summed E-state index contributed by atoms with van der Waals surface area (Å²) in [4.78, 5) is 28.7. The van der Waals surface area contributed by atoms with Crippen LogP contribution in [0.25, 0.3) is 6.08 Å². The standard InChI is InChI=1S/C19H27N3O2/c1-7-14-12(3)19(24)21-17(14)10-16-11(2)15(13(4)20-16)8-9-18(23)22(5)6/h10,20H,7-9H2,1-6H3,(H,21,24)/b17-10-. The van der Waals surface area contributed by atoms with Crippen molar-refractivity contribution in [3.05, 3.63) is 39.4 Å². The highest BCUT2D eigenvalue weighted by Gasteiger charge is 2.23. The SMILES string of the molecule is CCC1=C(C)C(=O)N/C1=C\c1[nH]c(C)c(CCC(=O)N(C)C)c1C. The minimum absolute atomic E-state index is 0.0177. The fourth-order valence-electron chi connectivity index (χ4n) is 3.14. The van der Waals surface area contributed by atoms with E-state index in [4.69, 9.17) is 0 Å². The first-order valence-corrected chi connectivity index (χ1v) is 8.37. The van der Waals surface area contributed by atoms with Gasteiger partial charge < -0.3 is 15.2 Å². The average Bonchev–Trinajstić information content (AvgIpc) is 2.94. The summed E-state index contributed by atoms with van der Waals surface area (Å²) in [6.45, 7) is 8.00. The highest BCUT2D eigenvalue weighted by atomic mass is 16.2. The molecular weight excluding hydrogens is 302 g/mol. The molecule has 2 N–H and O–H groups in total. The van der Waals surface area contributed by atoms with Gasteiger partial charge in [0.25, 0.3) is 5.91 Å². The summed E-state index contributed by atoms with van der Waals surface area (Å²) in [5.74, 6) is 0.112. The molecule has 1 aromatic heterocycles. The molecule has 0 radical (unpaired) electrons. The van der Waals surface area contributed by atoms with Crippen molar-refractivity contribution in [2.24, 2.45) is 0 Å². The number of hydrogen-bond acceptors (Lipinski definition) is 2. The van der Waals surface area contributed by atoms with Crippen LogP contribution >= 0.6 is 0 Å². The third-order valence-corrected chi connectivity index (χ3v) is 4.73. The summed E-state index contributed by atoms with van der Waals surface area (Å²) in [5.41, 5.74) is 7.13. The normalized spacial score (nSPS) is 16.1. The number of aromatic nitrogens is 1. The first-order valence-electron chi connectivity index (χ1n) is 8.37. The fraction of sp³-hybridized carbons (Fsp3) is 0.474. The van der Waals surface area contributed by atoms with E-state index in [-0.39, 0.29) is 11.8 Å². The molecule has 0 aliphatic carbocycles. The van der Waals surface area contributed by atoms with E-state index in [1.165, 1.54) is 5.56 Å². The van der Waals surface area contributed by atoms with Gasteiger partial charge in [-0.3, -0.25) is 9.59 Å². The molecule has 0 atom stereocenters. The summed E-state index contributed by atoms with van der Waals surface area (Å²) < 4.78 is 0. The highest BCUT2D eigenvalue weighted by molar-refractivity contribution is 6.00. The van der Waals surface area contributed by atoms with Gasteiger partial charge in [-0.2, -0.15) is 0 Å². The molecule has 1 aromatic rings. The van der Waals surface area contributed by atoms with Gasteiger partial charge in [0.2, 0.25) is 5.91 Å². The van der Waals surface area contributed by atoms with E-state index >= 15 is 0 Å². The van der Waals surface area contributed by atoms with E-state index in [0.29, 0.717) is 6.42 Å². The lowest BCUT2D eigenvalue weighted by Gasteiger charge is -2.10. The second-order valence-corrected chi connectivity index (χ2v) is 6.52. The number of rotatable bonds is 5. The van der Waals surface area contributed by atoms with Crippen LogP contribution in [0.3, 0.4) is 0 Å². The Labute approximate surface area is 143 Å². The molecule has 0 unspecified atom stereocenters. The van der Waals surface area contributed by atoms with Crippen molar-refractivity contribution in [3.8, 4) is 0 Å². The molecule has 0 saturated heterocycles. The van der Waals surface area contributed by atoms with Crippen molar-refractivity contribution < 1.29 is 9.59 Å². The van der Waals surface area contributed by atoms with Crippen molar-refractivity contribution in [3.63, 3.8) is 0 Å². The molecular formula is C19H27N3O2. The van der Waals surface area contributed by atoms with Crippen molar-refractivity contribution in [1.82, 2.24) is 15.2 Å². The van der Waals surface area contributed by atoms with Crippen molar-refractivity contribution >= 4 is 17.9 Å². The molecule has 0 spiro atoms. The third kappa shape index (κ3) is 3.45. The summed E-state index contributed by atoms with van der Waals surface area (Å²) in [6.07, 6.45) is 4.04. The largest absolute Gasteiger partial charge is 0.359 e. The Bertz CT molecular complexity index is 736. The number of carbonyl (C=O) groups excluding carboxylic acids is 2. The van der Waals surface area contributed by atoms with E-state index < -0.39 is 0 Å². The lowest BCUT2D eigenvalue weighted by molar-refractivity contribution is -0.128. The molecule has 2 rings (SSSR count). The molecule has 130 valence electrons. The maximum atomic E-state index is 11.9. The molecule has 0 aromatic carbocycles. The topological polar surface area (TPSA) is 65.2 Å². The first-order chi connectivity index (χ1) is 11.3. The predicted octanol–water partition coefficient (Wildman–Crippen LogP) is 2.85. The number of aryl methyl sites for hydroxylation is 1. The molecule has 2 amide bonds. The quantitative estimate of drug-likeness (QED) is 0.872. The number of carbonyl (C=O) groups is 2. The number of aromatic amines is 1. The summed E-state index contributed by atoms with van der Waals surface area (Å²) in [5, 5.41) is 2.94. The van der Waals surface area contributed by atoms with Gasteiger partial charge in [0.1, 0.15) is 0 Å². The Morgan fingerprint density at radius 3 is 2.46 bits per heavy atom. The Balaban J connectivity index is 2.28. The highest BCUT2D eigenvalue weighted by Crippen LogP contribution is 2.27. The lowest BCUT2D eigenvalue weighted by atomic mass is 10.0. The summed E-state index contributed by atoms with van der Waals surface area (Å²) in [6, 6.07) is 0. The van der Waals surface area contributed by atoms with Gasteiger partial charge in [-0.25, -0.2) is 0 Å². The number of hydrogen-bond donors (Lipinski definition) is 2. The van der Waals surface area contributed by atoms with Gasteiger partial charge in [0.15, 0.2) is 0 Å². The molecule has 0 bridgehead atoms. The van der Waals surface area contributed by atoms with E-state index in [1.807, 2.05) is 19.9 Å². The Morgan fingerprint density at radius 1 is 1.21 bits per heavy atom. The lowest BCUT2D eigenvalue weighted by Crippen LogP contribution is -2.21. The van der Waals surface area contributed by atoms with E-state index in [9.17, 15) is 9.59 Å². The van der Waals surface area contributed by atoms with Crippen LogP contribution < -0.4 is 5.32 Å². The third-order valence-electron chi connectivity index (χ3n) is 4.73. The fourth-order valence-corrected chi connectivity index (χ4v) is 3.14. The van der Waals surface area contributed by atoms with Gasteiger partial charge in [0, 0.05) is 43.2 Å². The van der Waals surface area contributed by atoms with Crippen LogP contribution in [0.1, 0.15) is 49.2 Å². The Hall–Kier alpha value is -2.30. The van der Waals surface area contributed by atoms with Crippen LogP contribution in [-0.4, -0.2) is 35.8 Å². The van der Waals surface area contributed by atoms with Crippen LogP contribution in [0.15, 0.2) is 16.8 Å². The molecule has 1 aliphatic heterocycles. The number of H-pyrrole nitrogens is 1. The van der Waals surface area contributed by atoms with Gasteiger partial charge in [-0.15, -0.1) is 0 Å². The van der Waals surface area contributed by atoms with Gasteiger partial charge in [-0.05, 0) is 56.4 Å². The molecule has 5 heteroatoms. The number of amides is 2. The molecule has 1 aliphatic rings. The molecule has 2 heterocycles. The number of allylic oxidation sites excluding steroid dienone is 1. The van der Waals surface area contributed by atoms with Crippen molar-refractivity contribution in [2.45, 2.75) is 47.0 Å². The van der Waals surface area contributed by atoms with Crippen molar-refractivity contribution in [1.29, 1.82) is 0 Å².